The van der Waals surface area contributed by atoms with Crippen LogP contribution in [0.3, 0.4) is 0 Å². The lowest BCUT2D eigenvalue weighted by atomic mass is 10.1. The molecule has 0 bridgehead atoms. The molecule has 0 N–H and O–H groups in total. The second-order valence-corrected chi connectivity index (χ2v) is 4.33. The van der Waals surface area contributed by atoms with Crippen molar-refractivity contribution in [2.24, 2.45) is 5.92 Å². The van der Waals surface area contributed by atoms with E-state index in [1.807, 2.05) is 12.1 Å². The van der Waals surface area contributed by atoms with E-state index in [-0.39, 0.29) is 0 Å². The fourth-order valence-corrected chi connectivity index (χ4v) is 1.68. The largest absolute Gasteiger partial charge is 0.302 e. The highest BCUT2D eigenvalue weighted by molar-refractivity contribution is 5.30. The number of pyridine rings is 1. The molecule has 1 heterocycles. The summed E-state index contributed by atoms with van der Waals surface area (Å²) >= 11 is 0. The molecular weight excluding hydrogens is 198 g/mol. The van der Waals surface area contributed by atoms with E-state index in [9.17, 15) is 0 Å². The third-order valence-corrected chi connectivity index (χ3v) is 2.76. The van der Waals surface area contributed by atoms with E-state index in [0.717, 1.165) is 18.7 Å². The molecule has 1 unspecified atom stereocenters. The first-order valence-electron chi connectivity index (χ1n) is 5.69. The quantitative estimate of drug-likeness (QED) is 0.760. The van der Waals surface area contributed by atoms with Crippen molar-refractivity contribution in [3.8, 4) is 6.07 Å². The zero-order valence-corrected chi connectivity index (χ0v) is 10.3. The number of nitrogens with zero attached hydrogens (tertiary/aromatic N) is 3. The Bertz CT molecular complexity index is 368. The molecule has 0 spiro atoms. The van der Waals surface area contributed by atoms with Crippen LogP contribution in [0.4, 0.5) is 0 Å². The maximum atomic E-state index is 8.93. The molecule has 0 aliphatic carbocycles. The van der Waals surface area contributed by atoms with Crippen molar-refractivity contribution < 1.29 is 0 Å². The van der Waals surface area contributed by atoms with E-state index in [1.54, 1.807) is 6.20 Å². The van der Waals surface area contributed by atoms with Crippen LogP contribution in [-0.4, -0.2) is 23.5 Å². The first kappa shape index (κ1) is 12.7. The Morgan fingerprint density at radius 1 is 1.56 bits per heavy atom. The molecule has 86 valence electrons. The van der Waals surface area contributed by atoms with Gasteiger partial charge in [0.15, 0.2) is 0 Å². The SMILES string of the molecule is CCC(C)CN(C)Cc1cccnc1C#N. The molecule has 3 heteroatoms. The van der Waals surface area contributed by atoms with Crippen LogP contribution in [0.25, 0.3) is 0 Å². The highest BCUT2D eigenvalue weighted by Gasteiger charge is 2.08. The lowest BCUT2D eigenvalue weighted by molar-refractivity contribution is 0.275. The van der Waals surface area contributed by atoms with Gasteiger partial charge in [-0.05, 0) is 19.0 Å². The van der Waals surface area contributed by atoms with Gasteiger partial charge < -0.3 is 4.90 Å². The van der Waals surface area contributed by atoms with Gasteiger partial charge in [0.05, 0.1) is 0 Å². The third-order valence-electron chi connectivity index (χ3n) is 2.76. The van der Waals surface area contributed by atoms with Crippen LogP contribution in [0, 0.1) is 17.2 Å². The molecule has 0 aliphatic rings. The molecule has 1 aromatic heterocycles. The Morgan fingerprint density at radius 3 is 2.94 bits per heavy atom. The average molecular weight is 217 g/mol. The van der Waals surface area contributed by atoms with Crippen LogP contribution in [0.2, 0.25) is 0 Å². The van der Waals surface area contributed by atoms with Gasteiger partial charge in [-0.1, -0.05) is 26.3 Å². The van der Waals surface area contributed by atoms with E-state index in [4.69, 9.17) is 5.26 Å². The zero-order chi connectivity index (χ0) is 12.0. The van der Waals surface area contributed by atoms with Crippen LogP contribution < -0.4 is 0 Å². The van der Waals surface area contributed by atoms with E-state index in [2.05, 4.69) is 36.8 Å². The van der Waals surface area contributed by atoms with Gasteiger partial charge in [-0.2, -0.15) is 5.26 Å². The minimum atomic E-state index is 0.540. The van der Waals surface area contributed by atoms with Crippen molar-refractivity contribution in [2.45, 2.75) is 26.8 Å². The summed E-state index contributed by atoms with van der Waals surface area (Å²) in [5.41, 5.74) is 1.55. The maximum absolute atomic E-state index is 8.93. The number of hydrogen-bond acceptors (Lipinski definition) is 3. The number of hydrogen-bond donors (Lipinski definition) is 0. The normalized spacial score (nSPS) is 12.4. The summed E-state index contributed by atoms with van der Waals surface area (Å²) in [5, 5.41) is 8.93. The van der Waals surface area contributed by atoms with Crippen LogP contribution in [0.15, 0.2) is 18.3 Å². The van der Waals surface area contributed by atoms with Gasteiger partial charge in [-0.3, -0.25) is 0 Å². The lowest BCUT2D eigenvalue weighted by Gasteiger charge is -2.20. The highest BCUT2D eigenvalue weighted by Crippen LogP contribution is 2.09. The van der Waals surface area contributed by atoms with Crippen molar-refractivity contribution in [3.05, 3.63) is 29.6 Å². The van der Waals surface area contributed by atoms with Crippen molar-refractivity contribution in [3.63, 3.8) is 0 Å². The third kappa shape index (κ3) is 3.63. The van der Waals surface area contributed by atoms with Gasteiger partial charge in [0.25, 0.3) is 0 Å². The van der Waals surface area contributed by atoms with Crippen molar-refractivity contribution in [1.82, 2.24) is 9.88 Å². The molecular formula is C13H19N3. The van der Waals surface area contributed by atoms with E-state index >= 15 is 0 Å². The molecule has 1 aromatic rings. The van der Waals surface area contributed by atoms with Gasteiger partial charge in [0.2, 0.25) is 0 Å². The Morgan fingerprint density at radius 2 is 2.31 bits per heavy atom. The molecule has 0 fully saturated rings. The van der Waals surface area contributed by atoms with E-state index in [0.29, 0.717) is 11.6 Å². The standard InChI is InChI=1S/C13H19N3/c1-4-11(2)9-16(3)10-12-6-5-7-15-13(12)8-14/h5-7,11H,4,9-10H2,1-3H3. The zero-order valence-electron chi connectivity index (χ0n) is 10.3. The summed E-state index contributed by atoms with van der Waals surface area (Å²) in [6, 6.07) is 5.98. The molecule has 0 saturated carbocycles. The van der Waals surface area contributed by atoms with E-state index < -0.39 is 0 Å². The van der Waals surface area contributed by atoms with Gasteiger partial charge >= 0.3 is 0 Å². The molecule has 1 rings (SSSR count). The number of aromatic nitrogens is 1. The van der Waals surface area contributed by atoms with Gasteiger partial charge in [0, 0.05) is 24.8 Å². The Hall–Kier alpha value is -1.40. The molecule has 0 saturated heterocycles. The lowest BCUT2D eigenvalue weighted by Crippen LogP contribution is -2.24. The highest BCUT2D eigenvalue weighted by atomic mass is 15.1. The fourth-order valence-electron chi connectivity index (χ4n) is 1.68. The Labute approximate surface area is 97.7 Å². The van der Waals surface area contributed by atoms with E-state index in [1.165, 1.54) is 6.42 Å². The van der Waals surface area contributed by atoms with Gasteiger partial charge in [-0.15, -0.1) is 0 Å². The monoisotopic (exact) mass is 217 g/mol. The number of rotatable bonds is 5. The van der Waals surface area contributed by atoms with Crippen molar-refractivity contribution in [2.75, 3.05) is 13.6 Å². The summed E-state index contributed by atoms with van der Waals surface area (Å²) in [6.07, 6.45) is 2.85. The predicted octanol–water partition coefficient (Wildman–Crippen LogP) is 2.43. The predicted molar refractivity (Wildman–Crippen MR) is 64.7 cm³/mol. The molecule has 0 amide bonds. The fraction of sp³-hybridized carbons (Fsp3) is 0.538. The summed E-state index contributed by atoms with van der Waals surface area (Å²) in [5.74, 6) is 0.687. The number of nitriles is 1. The van der Waals surface area contributed by atoms with Crippen molar-refractivity contribution >= 4 is 0 Å². The summed E-state index contributed by atoms with van der Waals surface area (Å²) < 4.78 is 0. The van der Waals surface area contributed by atoms with Crippen LogP contribution in [0.1, 0.15) is 31.5 Å². The molecule has 1 atom stereocenters. The smallest absolute Gasteiger partial charge is 0.144 e. The molecule has 0 aromatic carbocycles. The summed E-state index contributed by atoms with van der Waals surface area (Å²) in [4.78, 5) is 6.30. The second kappa shape index (κ2) is 6.24. The van der Waals surface area contributed by atoms with Gasteiger partial charge in [-0.25, -0.2) is 4.98 Å². The molecule has 0 radical (unpaired) electrons. The minimum absolute atomic E-state index is 0.540. The topological polar surface area (TPSA) is 39.9 Å². The van der Waals surface area contributed by atoms with Crippen molar-refractivity contribution in [1.29, 1.82) is 5.26 Å². The summed E-state index contributed by atoms with van der Waals surface area (Å²) in [6.45, 7) is 6.28. The summed E-state index contributed by atoms with van der Waals surface area (Å²) in [7, 11) is 2.08. The molecule has 16 heavy (non-hydrogen) atoms. The Balaban J connectivity index is 2.63. The average Bonchev–Trinajstić information content (AvgIpc) is 2.29. The van der Waals surface area contributed by atoms with Gasteiger partial charge in [0.1, 0.15) is 11.8 Å². The minimum Gasteiger partial charge on any atom is -0.302 e. The maximum Gasteiger partial charge on any atom is 0.144 e. The first-order chi connectivity index (χ1) is 7.67. The van der Waals surface area contributed by atoms with Crippen LogP contribution in [0.5, 0.6) is 0 Å². The molecule has 3 nitrogen and oxygen atoms in total. The molecule has 0 aliphatic heterocycles. The Kier molecular flexibility index (Phi) is 4.94. The van der Waals surface area contributed by atoms with Crippen LogP contribution in [-0.2, 0) is 6.54 Å². The second-order valence-electron chi connectivity index (χ2n) is 4.33. The first-order valence-corrected chi connectivity index (χ1v) is 5.69. The van der Waals surface area contributed by atoms with Crippen LogP contribution >= 0.6 is 0 Å².